The number of hydrogen-bond acceptors (Lipinski definition) is 2. The highest BCUT2D eigenvalue weighted by atomic mass is 16.2. The maximum absolute atomic E-state index is 13.7. The minimum atomic E-state index is -0.0467. The Balaban J connectivity index is 1.41. The van der Waals surface area contributed by atoms with Crippen LogP contribution in [-0.2, 0) is 0 Å². The van der Waals surface area contributed by atoms with E-state index in [1.807, 2.05) is 9.36 Å². The Hall–Kier alpha value is -2.04. The molecule has 2 aromatic rings. The van der Waals surface area contributed by atoms with Gasteiger partial charge in [-0.25, -0.2) is 23.5 Å². The fraction of sp³-hybridized carbons (Fsp3) is 0.652. The maximum atomic E-state index is 13.7. The van der Waals surface area contributed by atoms with E-state index in [0.717, 1.165) is 19.3 Å². The van der Waals surface area contributed by atoms with E-state index in [2.05, 4.69) is 45.0 Å². The van der Waals surface area contributed by atoms with E-state index in [-0.39, 0.29) is 40.3 Å². The first-order valence-electron chi connectivity index (χ1n) is 10.9. The van der Waals surface area contributed by atoms with Gasteiger partial charge < -0.3 is 0 Å². The smallest absolute Gasteiger partial charge is 0.246 e. The number of aromatic nitrogens is 3. The maximum Gasteiger partial charge on any atom is 0.347 e. The van der Waals surface area contributed by atoms with E-state index in [0.29, 0.717) is 17.8 Å². The van der Waals surface area contributed by atoms with Gasteiger partial charge in [0.05, 0.1) is 12.1 Å². The summed E-state index contributed by atoms with van der Waals surface area (Å²) in [6.45, 7) is 7.01. The summed E-state index contributed by atoms with van der Waals surface area (Å²) in [5, 5.41) is 0. The molecule has 0 N–H and O–H groups in total. The normalized spacial score (nSPS) is 43.0. The summed E-state index contributed by atoms with van der Waals surface area (Å²) in [5.74, 6) is 1.32. The summed E-state index contributed by atoms with van der Waals surface area (Å²) in [4.78, 5) is 27.2. The molecule has 1 aromatic carbocycles. The summed E-state index contributed by atoms with van der Waals surface area (Å²) < 4.78 is 5.40. The molecule has 6 bridgehead atoms. The summed E-state index contributed by atoms with van der Waals surface area (Å²) in [6, 6.07) is 8.97. The molecular formula is C23H27N3O2. The fourth-order valence-corrected chi connectivity index (χ4v) is 8.33. The molecule has 1 aromatic heterocycles. The van der Waals surface area contributed by atoms with Crippen LogP contribution in [0.5, 0.6) is 0 Å². The standard InChI is InChI=1S/C23H27N3O2/c1-22(2)12-8-9-23(22,3)17(10-12)24-20(27)25-16-11-15-13-6-4-5-7-14(13)18(16)19(15)26(25)21(24)28/h4-7,12,15-19H,8-11H2,1-3H3. The second-order valence-corrected chi connectivity index (χ2v) is 10.8. The van der Waals surface area contributed by atoms with Crippen molar-refractivity contribution in [1.82, 2.24) is 13.9 Å². The lowest BCUT2D eigenvalue weighted by atomic mass is 9.69. The van der Waals surface area contributed by atoms with Crippen LogP contribution in [0, 0.1) is 16.7 Å². The predicted molar refractivity (Wildman–Crippen MR) is 106 cm³/mol. The van der Waals surface area contributed by atoms with Gasteiger partial charge in [0.2, 0.25) is 0 Å². The molecule has 5 aliphatic rings. The van der Waals surface area contributed by atoms with Crippen molar-refractivity contribution in [3.63, 3.8) is 0 Å². The van der Waals surface area contributed by atoms with Crippen LogP contribution in [0.4, 0.5) is 0 Å². The number of benzene rings is 1. The van der Waals surface area contributed by atoms with Crippen molar-refractivity contribution >= 4 is 0 Å². The molecule has 2 heterocycles. The lowest BCUT2D eigenvalue weighted by Gasteiger charge is -2.39. The third-order valence-electron chi connectivity index (χ3n) is 10.1. The van der Waals surface area contributed by atoms with Crippen LogP contribution in [0.25, 0.3) is 0 Å². The molecule has 5 nitrogen and oxygen atoms in total. The largest absolute Gasteiger partial charge is 0.347 e. The van der Waals surface area contributed by atoms with E-state index in [1.54, 1.807) is 4.57 Å². The Morgan fingerprint density at radius 3 is 2.36 bits per heavy atom. The molecule has 3 saturated carbocycles. The van der Waals surface area contributed by atoms with Gasteiger partial charge in [-0.15, -0.1) is 0 Å². The zero-order valence-corrected chi connectivity index (χ0v) is 16.8. The average Bonchev–Trinajstić information content (AvgIpc) is 3.44. The Morgan fingerprint density at radius 1 is 0.964 bits per heavy atom. The van der Waals surface area contributed by atoms with Gasteiger partial charge in [-0.1, -0.05) is 45.0 Å². The molecule has 4 aliphatic carbocycles. The summed E-state index contributed by atoms with van der Waals surface area (Å²) in [6.07, 6.45) is 4.33. The molecule has 0 spiro atoms. The highest BCUT2D eigenvalue weighted by Crippen LogP contribution is 2.70. The van der Waals surface area contributed by atoms with Crippen molar-refractivity contribution in [3.8, 4) is 0 Å². The SMILES string of the molecule is CC1(C)C2CCC1(C)C(n1c(=O)n3n(c1=O)C1C4CC3C1c1ccccc14)C2. The van der Waals surface area contributed by atoms with Gasteiger partial charge >= 0.3 is 11.4 Å². The predicted octanol–water partition coefficient (Wildman–Crippen LogP) is 3.58. The Morgan fingerprint density at radius 2 is 1.68 bits per heavy atom. The van der Waals surface area contributed by atoms with Crippen LogP contribution >= 0.6 is 0 Å². The zero-order chi connectivity index (χ0) is 19.2. The van der Waals surface area contributed by atoms with Gasteiger partial charge in [-0.3, -0.25) is 0 Å². The van der Waals surface area contributed by atoms with Crippen molar-refractivity contribution in [1.29, 1.82) is 0 Å². The van der Waals surface area contributed by atoms with Crippen LogP contribution < -0.4 is 11.4 Å². The second kappa shape index (κ2) is 4.42. The Kier molecular flexibility index (Phi) is 2.50. The van der Waals surface area contributed by atoms with E-state index >= 15 is 0 Å². The Bertz CT molecular complexity index is 1170. The van der Waals surface area contributed by atoms with Gasteiger partial charge in [0.25, 0.3) is 0 Å². The molecule has 7 unspecified atom stereocenters. The highest BCUT2D eigenvalue weighted by Gasteiger charge is 2.64. The molecule has 1 aliphatic heterocycles. The number of hydrogen-bond donors (Lipinski definition) is 0. The van der Waals surface area contributed by atoms with Crippen molar-refractivity contribution in [2.75, 3.05) is 0 Å². The molecular weight excluding hydrogens is 350 g/mol. The zero-order valence-electron chi connectivity index (χ0n) is 16.8. The summed E-state index contributed by atoms with van der Waals surface area (Å²) in [7, 11) is 0. The van der Waals surface area contributed by atoms with Gasteiger partial charge in [-0.05, 0) is 53.6 Å². The van der Waals surface area contributed by atoms with Crippen molar-refractivity contribution in [2.45, 2.75) is 76.4 Å². The lowest BCUT2D eigenvalue weighted by Crippen LogP contribution is -2.42. The van der Waals surface area contributed by atoms with Gasteiger partial charge in [0, 0.05) is 17.9 Å². The average molecular weight is 377 g/mol. The van der Waals surface area contributed by atoms with Gasteiger partial charge in [0.15, 0.2) is 0 Å². The third-order valence-corrected chi connectivity index (χ3v) is 10.1. The van der Waals surface area contributed by atoms with E-state index in [9.17, 15) is 9.59 Å². The first-order chi connectivity index (χ1) is 13.4. The van der Waals surface area contributed by atoms with E-state index in [1.165, 1.54) is 17.5 Å². The fourth-order valence-electron chi connectivity index (χ4n) is 8.33. The molecule has 3 fully saturated rings. The minimum Gasteiger partial charge on any atom is -0.246 e. The van der Waals surface area contributed by atoms with Crippen LogP contribution in [0.15, 0.2) is 33.9 Å². The van der Waals surface area contributed by atoms with E-state index in [4.69, 9.17) is 0 Å². The molecule has 146 valence electrons. The van der Waals surface area contributed by atoms with Gasteiger partial charge in [-0.2, -0.15) is 0 Å². The van der Waals surface area contributed by atoms with Gasteiger partial charge in [0.1, 0.15) is 0 Å². The molecule has 0 radical (unpaired) electrons. The molecule has 5 heteroatoms. The van der Waals surface area contributed by atoms with Crippen LogP contribution in [0.3, 0.4) is 0 Å². The topological polar surface area (TPSA) is 48.9 Å². The summed E-state index contributed by atoms with van der Waals surface area (Å²) in [5.41, 5.74) is 2.90. The Labute approximate surface area is 164 Å². The molecule has 7 rings (SSSR count). The van der Waals surface area contributed by atoms with Crippen molar-refractivity contribution in [3.05, 3.63) is 56.4 Å². The number of fused-ring (bicyclic) bond motifs is 6. The third kappa shape index (κ3) is 1.37. The molecule has 28 heavy (non-hydrogen) atoms. The monoisotopic (exact) mass is 377 g/mol. The first kappa shape index (κ1) is 15.8. The lowest BCUT2D eigenvalue weighted by molar-refractivity contribution is 0.103. The summed E-state index contributed by atoms with van der Waals surface area (Å²) >= 11 is 0. The van der Waals surface area contributed by atoms with E-state index < -0.39 is 0 Å². The molecule has 0 saturated heterocycles. The number of nitrogens with zero attached hydrogens (tertiary/aromatic N) is 3. The van der Waals surface area contributed by atoms with Crippen LogP contribution in [0.2, 0.25) is 0 Å². The molecule has 7 atom stereocenters. The minimum absolute atomic E-state index is 0.0326. The quantitative estimate of drug-likeness (QED) is 0.763. The second-order valence-electron chi connectivity index (χ2n) is 10.8. The first-order valence-corrected chi connectivity index (χ1v) is 10.9. The van der Waals surface area contributed by atoms with Crippen molar-refractivity contribution in [2.24, 2.45) is 16.7 Å². The van der Waals surface area contributed by atoms with Crippen molar-refractivity contribution < 1.29 is 0 Å². The highest BCUT2D eigenvalue weighted by molar-refractivity contribution is 5.46. The van der Waals surface area contributed by atoms with Crippen LogP contribution in [0.1, 0.15) is 87.5 Å². The van der Waals surface area contributed by atoms with Crippen LogP contribution in [-0.4, -0.2) is 13.9 Å². The number of rotatable bonds is 1. The molecule has 0 amide bonds.